The molecule has 1 heterocycles. The van der Waals surface area contributed by atoms with E-state index >= 15 is 0 Å². The molecule has 0 aromatic heterocycles. The summed E-state index contributed by atoms with van der Waals surface area (Å²) < 4.78 is 0. The molecule has 0 aromatic carbocycles. The van der Waals surface area contributed by atoms with E-state index in [1.165, 1.54) is 12.8 Å². The molecule has 1 saturated heterocycles. The highest BCUT2D eigenvalue weighted by Gasteiger charge is 2.36. The topological polar surface area (TPSA) is 46.3 Å². The molecule has 2 rings (SSSR count). The Kier molecular flexibility index (Phi) is 4.66. The fraction of sp³-hybridized carbons (Fsp3) is 0.933. The molecule has 2 aliphatic rings. The van der Waals surface area contributed by atoms with E-state index in [0.29, 0.717) is 11.8 Å². The number of hydrogen-bond acceptors (Lipinski definition) is 2. The van der Waals surface area contributed by atoms with E-state index in [0.717, 1.165) is 44.7 Å². The molecular weight excluding hydrogens is 224 g/mol. The van der Waals surface area contributed by atoms with Gasteiger partial charge in [-0.25, -0.2) is 0 Å². The molecule has 1 aliphatic heterocycles. The van der Waals surface area contributed by atoms with Crippen molar-refractivity contribution in [3.05, 3.63) is 0 Å². The Balaban J connectivity index is 2.00. The molecule has 1 amide bonds. The highest BCUT2D eigenvalue weighted by Crippen LogP contribution is 2.31. The summed E-state index contributed by atoms with van der Waals surface area (Å²) in [5.41, 5.74) is 6.20. The lowest BCUT2D eigenvalue weighted by atomic mass is 9.76. The highest BCUT2D eigenvalue weighted by molar-refractivity contribution is 5.80. The van der Waals surface area contributed by atoms with Crippen LogP contribution in [0.25, 0.3) is 0 Å². The van der Waals surface area contributed by atoms with Gasteiger partial charge in [0.15, 0.2) is 0 Å². The van der Waals surface area contributed by atoms with Crippen LogP contribution in [0.15, 0.2) is 0 Å². The predicted molar refractivity (Wildman–Crippen MR) is 74.1 cm³/mol. The van der Waals surface area contributed by atoms with Crippen molar-refractivity contribution >= 4 is 5.91 Å². The molecule has 0 radical (unpaired) electrons. The lowest BCUT2D eigenvalue weighted by molar-refractivity contribution is -0.138. The van der Waals surface area contributed by atoms with Gasteiger partial charge >= 0.3 is 0 Å². The Labute approximate surface area is 111 Å². The van der Waals surface area contributed by atoms with Gasteiger partial charge in [0.05, 0.1) is 5.92 Å². The number of amides is 1. The van der Waals surface area contributed by atoms with Crippen LogP contribution in [-0.2, 0) is 4.79 Å². The maximum atomic E-state index is 12.7. The zero-order valence-corrected chi connectivity index (χ0v) is 11.9. The molecule has 104 valence electrons. The van der Waals surface area contributed by atoms with Crippen molar-refractivity contribution in [2.75, 3.05) is 13.1 Å². The van der Waals surface area contributed by atoms with Crippen LogP contribution >= 0.6 is 0 Å². The molecule has 3 heteroatoms. The van der Waals surface area contributed by atoms with Crippen LogP contribution in [0.1, 0.15) is 52.4 Å². The van der Waals surface area contributed by atoms with Gasteiger partial charge in [-0.05, 0) is 43.9 Å². The summed E-state index contributed by atoms with van der Waals surface area (Å²) in [7, 11) is 0. The third kappa shape index (κ3) is 3.05. The zero-order chi connectivity index (χ0) is 13.1. The molecule has 0 spiro atoms. The normalized spacial score (nSPS) is 38.3. The number of carbonyl (C=O) groups is 1. The van der Waals surface area contributed by atoms with Gasteiger partial charge in [0, 0.05) is 19.1 Å². The Hall–Kier alpha value is -0.570. The van der Waals surface area contributed by atoms with Crippen LogP contribution in [-0.4, -0.2) is 29.9 Å². The fourth-order valence-corrected chi connectivity index (χ4v) is 3.58. The SMILES string of the molecule is CC1CCCN(C(=O)C2C(C)CCCC2N)CC1. The van der Waals surface area contributed by atoms with Gasteiger partial charge in [-0.1, -0.05) is 20.3 Å². The van der Waals surface area contributed by atoms with Crippen LogP contribution < -0.4 is 5.73 Å². The summed E-state index contributed by atoms with van der Waals surface area (Å²) in [5.74, 6) is 1.64. The molecular formula is C15H28N2O. The van der Waals surface area contributed by atoms with Gasteiger partial charge in [0.25, 0.3) is 0 Å². The van der Waals surface area contributed by atoms with E-state index in [2.05, 4.69) is 18.7 Å². The molecule has 18 heavy (non-hydrogen) atoms. The van der Waals surface area contributed by atoms with E-state index in [1.807, 2.05) is 0 Å². The first-order chi connectivity index (χ1) is 8.59. The molecule has 4 unspecified atom stereocenters. The second kappa shape index (κ2) is 6.05. The summed E-state index contributed by atoms with van der Waals surface area (Å²) in [5, 5.41) is 0. The Morgan fingerprint density at radius 3 is 2.56 bits per heavy atom. The largest absolute Gasteiger partial charge is 0.342 e. The van der Waals surface area contributed by atoms with Gasteiger partial charge in [-0.3, -0.25) is 4.79 Å². The smallest absolute Gasteiger partial charge is 0.227 e. The molecule has 2 fully saturated rings. The van der Waals surface area contributed by atoms with Crippen LogP contribution in [0, 0.1) is 17.8 Å². The van der Waals surface area contributed by atoms with Crippen molar-refractivity contribution in [3.63, 3.8) is 0 Å². The zero-order valence-electron chi connectivity index (χ0n) is 11.9. The van der Waals surface area contributed by atoms with Gasteiger partial charge < -0.3 is 10.6 Å². The van der Waals surface area contributed by atoms with E-state index in [-0.39, 0.29) is 12.0 Å². The second-order valence-corrected chi connectivity index (χ2v) is 6.46. The quantitative estimate of drug-likeness (QED) is 0.779. The van der Waals surface area contributed by atoms with Crippen molar-refractivity contribution in [3.8, 4) is 0 Å². The summed E-state index contributed by atoms with van der Waals surface area (Å²) in [6, 6.07) is 0.0851. The van der Waals surface area contributed by atoms with Crippen molar-refractivity contribution in [1.29, 1.82) is 0 Å². The average Bonchev–Trinajstić information content (AvgIpc) is 2.53. The average molecular weight is 252 g/mol. The van der Waals surface area contributed by atoms with Crippen LogP contribution in [0.2, 0.25) is 0 Å². The number of rotatable bonds is 1. The molecule has 0 bridgehead atoms. The molecule has 1 aliphatic carbocycles. The lowest BCUT2D eigenvalue weighted by Gasteiger charge is -2.36. The van der Waals surface area contributed by atoms with Gasteiger partial charge in [0.1, 0.15) is 0 Å². The van der Waals surface area contributed by atoms with Crippen LogP contribution in [0.3, 0.4) is 0 Å². The van der Waals surface area contributed by atoms with E-state index in [4.69, 9.17) is 5.73 Å². The molecule has 0 aromatic rings. The first-order valence-electron chi connectivity index (χ1n) is 7.64. The lowest BCUT2D eigenvalue weighted by Crippen LogP contribution is -2.49. The highest BCUT2D eigenvalue weighted by atomic mass is 16.2. The molecule has 3 nitrogen and oxygen atoms in total. The fourth-order valence-electron chi connectivity index (χ4n) is 3.58. The monoisotopic (exact) mass is 252 g/mol. The van der Waals surface area contributed by atoms with E-state index in [1.54, 1.807) is 0 Å². The number of carbonyl (C=O) groups excluding carboxylic acids is 1. The van der Waals surface area contributed by atoms with Crippen molar-refractivity contribution < 1.29 is 4.79 Å². The first-order valence-corrected chi connectivity index (χ1v) is 7.64. The first kappa shape index (κ1) is 13.9. The number of nitrogens with two attached hydrogens (primary N) is 1. The maximum Gasteiger partial charge on any atom is 0.227 e. The number of hydrogen-bond donors (Lipinski definition) is 1. The summed E-state index contributed by atoms with van der Waals surface area (Å²) in [4.78, 5) is 14.8. The van der Waals surface area contributed by atoms with Crippen molar-refractivity contribution in [1.82, 2.24) is 4.90 Å². The molecule has 2 N–H and O–H groups in total. The van der Waals surface area contributed by atoms with Crippen LogP contribution in [0.5, 0.6) is 0 Å². The van der Waals surface area contributed by atoms with Gasteiger partial charge in [-0.15, -0.1) is 0 Å². The van der Waals surface area contributed by atoms with Crippen LogP contribution in [0.4, 0.5) is 0 Å². The third-order valence-corrected chi connectivity index (χ3v) is 4.88. The Bertz CT molecular complexity index is 282. The minimum absolute atomic E-state index is 0.0761. The van der Waals surface area contributed by atoms with E-state index < -0.39 is 0 Å². The van der Waals surface area contributed by atoms with E-state index in [9.17, 15) is 4.79 Å². The minimum atomic E-state index is 0.0761. The number of nitrogens with zero attached hydrogens (tertiary/aromatic N) is 1. The maximum absolute atomic E-state index is 12.7. The Morgan fingerprint density at radius 1 is 1.06 bits per heavy atom. The number of likely N-dealkylation sites (tertiary alicyclic amines) is 1. The van der Waals surface area contributed by atoms with Crippen molar-refractivity contribution in [2.24, 2.45) is 23.5 Å². The summed E-state index contributed by atoms with van der Waals surface area (Å²) in [6.45, 7) is 6.38. The van der Waals surface area contributed by atoms with Gasteiger partial charge in [0.2, 0.25) is 5.91 Å². The predicted octanol–water partition coefficient (Wildman–Crippen LogP) is 2.40. The van der Waals surface area contributed by atoms with Gasteiger partial charge in [-0.2, -0.15) is 0 Å². The summed E-state index contributed by atoms with van der Waals surface area (Å²) in [6.07, 6.45) is 6.93. The second-order valence-electron chi connectivity index (χ2n) is 6.46. The molecule has 1 saturated carbocycles. The standard InChI is InChI=1S/C15H28N2O/c1-11-5-4-9-17(10-8-11)15(18)14-12(2)6-3-7-13(14)16/h11-14H,3-10,16H2,1-2H3. The third-order valence-electron chi connectivity index (χ3n) is 4.88. The molecule has 4 atom stereocenters. The minimum Gasteiger partial charge on any atom is -0.342 e. The summed E-state index contributed by atoms with van der Waals surface area (Å²) >= 11 is 0. The van der Waals surface area contributed by atoms with Crippen molar-refractivity contribution in [2.45, 2.75) is 58.4 Å². The Morgan fingerprint density at radius 2 is 1.83 bits per heavy atom.